The van der Waals surface area contributed by atoms with Crippen LogP contribution in [0.5, 0.6) is 17.2 Å². The molecule has 0 atom stereocenters. The Kier molecular flexibility index (Phi) is 7.36. The topological polar surface area (TPSA) is 108 Å². The molecule has 0 amide bonds. The third kappa shape index (κ3) is 5.10. The second-order valence-electron chi connectivity index (χ2n) is 9.12. The fourth-order valence-electron chi connectivity index (χ4n) is 4.43. The molecular formula is C27H33N7O4. The third-order valence-corrected chi connectivity index (χ3v) is 6.40. The van der Waals surface area contributed by atoms with Gasteiger partial charge < -0.3 is 39.0 Å². The second kappa shape index (κ2) is 11.0. The number of imidazole rings is 1. The predicted octanol–water partition coefficient (Wildman–Crippen LogP) is 4.76. The fourth-order valence-corrected chi connectivity index (χ4v) is 4.43. The minimum atomic E-state index is 0.171. The van der Waals surface area contributed by atoms with E-state index < -0.39 is 0 Å². The Bertz CT molecular complexity index is 1370. The van der Waals surface area contributed by atoms with E-state index >= 15 is 0 Å². The number of ether oxygens (including phenoxy) is 4. The molecule has 0 spiro atoms. The minimum absolute atomic E-state index is 0.171. The van der Waals surface area contributed by atoms with Crippen LogP contribution in [0.2, 0.25) is 0 Å². The van der Waals surface area contributed by atoms with Crippen LogP contribution in [0.15, 0.2) is 42.7 Å². The lowest BCUT2D eigenvalue weighted by molar-refractivity contribution is 0.122. The zero-order valence-corrected chi connectivity index (χ0v) is 22.3. The molecule has 11 nitrogen and oxygen atoms in total. The molecular weight excluding hydrogens is 486 g/mol. The number of hydrogen-bond acceptors (Lipinski definition) is 10. The number of methoxy groups -OCH3 is 3. The quantitative estimate of drug-likeness (QED) is 0.321. The summed E-state index contributed by atoms with van der Waals surface area (Å²) in [6.45, 7) is 7.46. The Balaban J connectivity index is 1.49. The van der Waals surface area contributed by atoms with E-state index in [0.717, 1.165) is 43.3 Å². The van der Waals surface area contributed by atoms with Gasteiger partial charge in [0.25, 0.3) is 0 Å². The van der Waals surface area contributed by atoms with E-state index in [0.29, 0.717) is 40.2 Å². The van der Waals surface area contributed by atoms with Crippen molar-refractivity contribution in [2.45, 2.75) is 19.9 Å². The highest BCUT2D eigenvalue weighted by Gasteiger charge is 2.18. The van der Waals surface area contributed by atoms with Crippen molar-refractivity contribution >= 4 is 40.0 Å². The molecule has 0 bridgehead atoms. The van der Waals surface area contributed by atoms with Gasteiger partial charge in [-0.3, -0.25) is 0 Å². The zero-order chi connectivity index (χ0) is 26.6. The van der Waals surface area contributed by atoms with Crippen molar-refractivity contribution in [3.63, 3.8) is 0 Å². The normalized spacial score (nSPS) is 13.6. The maximum atomic E-state index is 5.52. The van der Waals surface area contributed by atoms with Crippen LogP contribution in [0.1, 0.15) is 19.9 Å². The van der Waals surface area contributed by atoms with E-state index in [1.807, 2.05) is 28.8 Å². The molecule has 0 aliphatic carbocycles. The van der Waals surface area contributed by atoms with Crippen LogP contribution in [-0.2, 0) is 4.74 Å². The lowest BCUT2D eigenvalue weighted by Crippen LogP contribution is -2.36. The van der Waals surface area contributed by atoms with E-state index in [1.54, 1.807) is 27.7 Å². The molecule has 200 valence electrons. The summed E-state index contributed by atoms with van der Waals surface area (Å²) in [5.41, 5.74) is 4.13. The lowest BCUT2D eigenvalue weighted by atomic mass is 10.2. The van der Waals surface area contributed by atoms with Gasteiger partial charge in [0.1, 0.15) is 0 Å². The number of nitrogens with zero attached hydrogens (tertiary/aromatic N) is 5. The third-order valence-electron chi connectivity index (χ3n) is 6.40. The van der Waals surface area contributed by atoms with E-state index in [-0.39, 0.29) is 6.04 Å². The van der Waals surface area contributed by atoms with Gasteiger partial charge in [-0.15, -0.1) is 0 Å². The number of nitrogens with one attached hydrogen (secondary N) is 2. The van der Waals surface area contributed by atoms with Gasteiger partial charge in [0.05, 0.1) is 40.9 Å². The average Bonchev–Trinajstić information content (AvgIpc) is 3.38. The highest BCUT2D eigenvalue weighted by atomic mass is 16.5. The Hall–Kier alpha value is -4.25. The van der Waals surface area contributed by atoms with Crippen molar-refractivity contribution < 1.29 is 18.9 Å². The lowest BCUT2D eigenvalue weighted by Gasteiger charge is -2.28. The van der Waals surface area contributed by atoms with Crippen molar-refractivity contribution in [2.75, 3.05) is 63.2 Å². The Morgan fingerprint density at radius 3 is 2.16 bits per heavy atom. The van der Waals surface area contributed by atoms with Crippen LogP contribution in [0.25, 0.3) is 11.2 Å². The monoisotopic (exact) mass is 519 g/mol. The van der Waals surface area contributed by atoms with Crippen molar-refractivity contribution in [1.29, 1.82) is 0 Å². The summed E-state index contributed by atoms with van der Waals surface area (Å²) in [5.74, 6) is 2.59. The highest BCUT2D eigenvalue weighted by Crippen LogP contribution is 2.41. The summed E-state index contributed by atoms with van der Waals surface area (Å²) in [6, 6.07) is 12.1. The Morgan fingerprint density at radius 2 is 1.55 bits per heavy atom. The molecule has 0 saturated carbocycles. The number of hydrogen-bond donors (Lipinski definition) is 2. The van der Waals surface area contributed by atoms with Crippen molar-refractivity contribution in [1.82, 2.24) is 19.5 Å². The second-order valence-corrected chi connectivity index (χ2v) is 9.12. The predicted molar refractivity (Wildman–Crippen MR) is 148 cm³/mol. The van der Waals surface area contributed by atoms with Crippen LogP contribution < -0.4 is 29.7 Å². The van der Waals surface area contributed by atoms with E-state index in [4.69, 9.17) is 28.9 Å². The van der Waals surface area contributed by atoms with Crippen molar-refractivity contribution in [2.24, 2.45) is 0 Å². The molecule has 38 heavy (non-hydrogen) atoms. The number of fused-ring (bicyclic) bond motifs is 1. The first-order valence-corrected chi connectivity index (χ1v) is 12.5. The van der Waals surface area contributed by atoms with Crippen molar-refractivity contribution in [3.8, 4) is 17.2 Å². The van der Waals surface area contributed by atoms with Gasteiger partial charge in [0.2, 0.25) is 11.7 Å². The summed E-state index contributed by atoms with van der Waals surface area (Å²) in [4.78, 5) is 16.5. The molecule has 1 aliphatic heterocycles. The standard InChI is InChI=1S/C27H33N7O4/c1-17(2)34-16-28-23-25(29-19-14-21(35-3)24(37-5)22(15-19)36-4)31-27(32-26(23)34)30-18-6-8-20(9-7-18)33-10-12-38-13-11-33/h6-9,14-17H,10-13H2,1-5H3,(H2,29,30,31,32). The smallest absolute Gasteiger partial charge is 0.231 e. The Morgan fingerprint density at radius 1 is 0.868 bits per heavy atom. The molecule has 4 aromatic rings. The summed E-state index contributed by atoms with van der Waals surface area (Å²) < 4.78 is 24.0. The number of morpholine rings is 1. The SMILES string of the molecule is COc1cc(Nc2nc(Nc3ccc(N4CCOCC4)cc3)nc3c2ncn3C(C)C)cc(OC)c1OC. The van der Waals surface area contributed by atoms with Gasteiger partial charge in [0.15, 0.2) is 28.5 Å². The van der Waals surface area contributed by atoms with Crippen LogP contribution in [0.4, 0.5) is 28.8 Å². The minimum Gasteiger partial charge on any atom is -0.493 e. The molecule has 3 heterocycles. The van der Waals surface area contributed by atoms with Crippen LogP contribution in [0.3, 0.4) is 0 Å². The van der Waals surface area contributed by atoms with Gasteiger partial charge in [-0.1, -0.05) is 0 Å². The summed E-state index contributed by atoms with van der Waals surface area (Å²) >= 11 is 0. The van der Waals surface area contributed by atoms with Gasteiger partial charge in [-0.25, -0.2) is 4.98 Å². The molecule has 2 N–H and O–H groups in total. The van der Waals surface area contributed by atoms with Crippen LogP contribution >= 0.6 is 0 Å². The number of anilines is 5. The first-order valence-electron chi connectivity index (χ1n) is 12.5. The Labute approximate surface area is 221 Å². The van der Waals surface area contributed by atoms with E-state index in [9.17, 15) is 0 Å². The first-order chi connectivity index (χ1) is 18.5. The van der Waals surface area contributed by atoms with E-state index in [1.165, 1.54) is 0 Å². The zero-order valence-electron chi connectivity index (χ0n) is 22.3. The molecule has 0 unspecified atom stereocenters. The number of aromatic nitrogens is 4. The largest absolute Gasteiger partial charge is 0.493 e. The molecule has 1 fully saturated rings. The average molecular weight is 520 g/mol. The first kappa shape index (κ1) is 25.4. The van der Waals surface area contributed by atoms with Gasteiger partial charge in [-0.2, -0.15) is 9.97 Å². The van der Waals surface area contributed by atoms with E-state index in [2.05, 4.69) is 46.5 Å². The molecule has 11 heteroatoms. The molecule has 2 aromatic carbocycles. The maximum absolute atomic E-state index is 5.52. The van der Waals surface area contributed by atoms with Crippen molar-refractivity contribution in [3.05, 3.63) is 42.7 Å². The molecule has 0 radical (unpaired) electrons. The summed E-state index contributed by atoms with van der Waals surface area (Å²) in [5, 5.41) is 6.73. The molecule has 1 aliphatic rings. The summed E-state index contributed by atoms with van der Waals surface area (Å²) in [7, 11) is 4.74. The van der Waals surface area contributed by atoms with Gasteiger partial charge in [0, 0.05) is 48.3 Å². The summed E-state index contributed by atoms with van der Waals surface area (Å²) in [6.07, 6.45) is 1.78. The number of rotatable bonds is 9. The fraction of sp³-hybridized carbons (Fsp3) is 0.370. The maximum Gasteiger partial charge on any atom is 0.231 e. The molecule has 2 aromatic heterocycles. The van der Waals surface area contributed by atoms with Crippen LogP contribution in [0, 0.1) is 0 Å². The van der Waals surface area contributed by atoms with Crippen LogP contribution in [-0.4, -0.2) is 67.2 Å². The molecule has 5 rings (SSSR count). The molecule has 1 saturated heterocycles. The number of benzene rings is 2. The highest BCUT2D eigenvalue weighted by molar-refractivity contribution is 5.87. The van der Waals surface area contributed by atoms with Gasteiger partial charge >= 0.3 is 0 Å². The van der Waals surface area contributed by atoms with Gasteiger partial charge in [-0.05, 0) is 38.1 Å².